The summed E-state index contributed by atoms with van der Waals surface area (Å²) < 4.78 is 47.2. The van der Waals surface area contributed by atoms with Gasteiger partial charge in [0.2, 0.25) is 14.1 Å². The van der Waals surface area contributed by atoms with Crippen LogP contribution in [0, 0.1) is 0 Å². The van der Waals surface area contributed by atoms with Gasteiger partial charge in [-0.15, -0.1) is 11.3 Å². The van der Waals surface area contributed by atoms with E-state index < -0.39 is 39.1 Å². The van der Waals surface area contributed by atoms with Crippen molar-refractivity contribution in [3.63, 3.8) is 0 Å². The van der Waals surface area contributed by atoms with Gasteiger partial charge in [-0.05, 0) is 60.6 Å². The van der Waals surface area contributed by atoms with E-state index in [-0.39, 0.29) is 23.0 Å². The van der Waals surface area contributed by atoms with Crippen LogP contribution in [-0.2, 0) is 23.3 Å². The number of ketones is 1. The first-order valence-electron chi connectivity index (χ1n) is 16.4. The molecule has 0 radical (unpaired) electrons. The zero-order valence-electron chi connectivity index (χ0n) is 30.2. The van der Waals surface area contributed by atoms with Gasteiger partial charge in [-0.2, -0.15) is 13.1 Å². The average Bonchev–Trinajstić information content (AvgIpc) is 3.52. The zero-order chi connectivity index (χ0) is 35.7. The Morgan fingerprint density at radius 3 is 2.15 bits per heavy atom. The second-order valence-corrected chi connectivity index (χ2v) is 28.4. The molecule has 266 valence electrons. The number of hydrogen-bond acceptors (Lipinski definition) is 10. The summed E-state index contributed by atoms with van der Waals surface area (Å²) in [6.45, 7) is 26.1. The Morgan fingerprint density at radius 1 is 1.04 bits per heavy atom. The van der Waals surface area contributed by atoms with Crippen LogP contribution in [0.2, 0.25) is 39.1 Å². The van der Waals surface area contributed by atoms with Crippen LogP contribution in [-0.4, -0.2) is 66.1 Å². The van der Waals surface area contributed by atoms with Crippen molar-refractivity contribution in [2.45, 2.75) is 141 Å². The molecule has 1 aliphatic rings. The second-order valence-electron chi connectivity index (χ2n) is 15.1. The van der Waals surface area contributed by atoms with Crippen LogP contribution < -0.4 is 10.0 Å². The maximum absolute atomic E-state index is 13.9. The molecule has 3 rings (SSSR count). The Balaban J connectivity index is 1.90. The molecule has 0 saturated heterocycles. The lowest BCUT2D eigenvalue weighted by atomic mass is 10.1. The molecule has 15 heteroatoms. The van der Waals surface area contributed by atoms with Gasteiger partial charge < -0.3 is 14.2 Å². The van der Waals surface area contributed by atoms with Crippen molar-refractivity contribution in [3.8, 4) is 0 Å². The predicted molar refractivity (Wildman–Crippen MR) is 197 cm³/mol. The van der Waals surface area contributed by atoms with E-state index in [1.54, 1.807) is 0 Å². The summed E-state index contributed by atoms with van der Waals surface area (Å²) in [4.78, 5) is 23.0. The summed E-state index contributed by atoms with van der Waals surface area (Å²) in [5.41, 5.74) is 2.00. The van der Waals surface area contributed by atoms with Gasteiger partial charge in [-0.25, -0.2) is 9.97 Å². The van der Waals surface area contributed by atoms with Crippen LogP contribution in [0.15, 0.2) is 18.6 Å². The van der Waals surface area contributed by atoms with E-state index in [2.05, 4.69) is 95.4 Å². The average molecular weight is 748 g/mol. The van der Waals surface area contributed by atoms with Gasteiger partial charge in [-0.1, -0.05) is 73.9 Å². The maximum Gasteiger partial charge on any atom is 0.335 e. The summed E-state index contributed by atoms with van der Waals surface area (Å²) in [5.74, 6) is 0.107. The molecule has 10 nitrogen and oxygen atoms in total. The first-order chi connectivity index (χ1) is 21.6. The number of hydrogen-bond donors (Lipinski definition) is 2. The molecule has 0 spiro atoms. The zero-order valence-corrected chi connectivity index (χ0v) is 34.6. The monoisotopic (exact) mass is 746 g/mol. The van der Waals surface area contributed by atoms with Crippen LogP contribution >= 0.6 is 22.9 Å². The van der Waals surface area contributed by atoms with Gasteiger partial charge in [0.25, 0.3) is 0 Å². The fourth-order valence-electron chi connectivity index (χ4n) is 6.58. The minimum atomic E-state index is -3.98. The van der Waals surface area contributed by atoms with E-state index in [1.165, 1.54) is 30.9 Å². The van der Waals surface area contributed by atoms with Gasteiger partial charge in [0, 0.05) is 24.8 Å². The number of carbonyl (C=O) groups excluding carboxylic acids is 1. The highest BCUT2D eigenvalue weighted by molar-refractivity contribution is 7.84. The molecule has 1 fully saturated rings. The number of aromatic nitrogens is 2. The fourth-order valence-corrected chi connectivity index (χ4v) is 15.5. The van der Waals surface area contributed by atoms with E-state index in [9.17, 15) is 13.2 Å². The third-order valence-electron chi connectivity index (χ3n) is 9.96. The van der Waals surface area contributed by atoms with E-state index in [0.717, 1.165) is 5.56 Å². The molecule has 0 aromatic carbocycles. The number of anilines is 1. The molecule has 1 aliphatic carbocycles. The standard InChI is InChI=1S/C32H55ClN4O6S2Si2/c1-19(2)47(20(3)4,21(5)6)43-27-15-23(14-26(27)41-45(39,40)34-11)37-31-25(17-35-18-36-31)29(38)28-16-24(30(33)44-28)22(7)42-46(12,13)32(8,9)10/h16-23,26-27,34H,14-15H2,1-13H3,(H,35,36,37)/t22-,23-,26+,27-/m0/s1. The summed E-state index contributed by atoms with van der Waals surface area (Å²) in [7, 11) is -7.10. The molecule has 2 aromatic rings. The van der Waals surface area contributed by atoms with Gasteiger partial charge in [0.15, 0.2) is 8.32 Å². The molecular weight excluding hydrogens is 692 g/mol. The third kappa shape index (κ3) is 9.12. The Labute approximate surface area is 293 Å². The van der Waals surface area contributed by atoms with Crippen LogP contribution in [0.4, 0.5) is 5.82 Å². The largest absolute Gasteiger partial charge is 0.410 e. The van der Waals surface area contributed by atoms with E-state index in [0.29, 0.717) is 50.1 Å². The summed E-state index contributed by atoms with van der Waals surface area (Å²) >= 11 is 7.90. The first kappa shape index (κ1) is 40.2. The first-order valence-corrected chi connectivity index (χ1v) is 24.1. The molecule has 0 amide bonds. The van der Waals surface area contributed by atoms with Crippen molar-refractivity contribution in [2.24, 2.45) is 0 Å². The Bertz CT molecular complexity index is 1470. The number of nitrogens with zero attached hydrogens (tertiary/aromatic N) is 2. The third-order valence-corrected chi connectivity index (χ3v) is 23.0. The van der Waals surface area contributed by atoms with Gasteiger partial charge in [0.05, 0.1) is 27.0 Å². The van der Waals surface area contributed by atoms with Crippen molar-refractivity contribution < 1.29 is 26.2 Å². The van der Waals surface area contributed by atoms with Crippen LogP contribution in [0.1, 0.15) is 109 Å². The van der Waals surface area contributed by atoms with Crippen molar-refractivity contribution in [2.75, 3.05) is 12.4 Å². The van der Waals surface area contributed by atoms with Crippen molar-refractivity contribution in [1.29, 1.82) is 0 Å². The second kappa shape index (κ2) is 15.3. The van der Waals surface area contributed by atoms with Crippen LogP contribution in [0.3, 0.4) is 0 Å². The molecule has 47 heavy (non-hydrogen) atoms. The summed E-state index contributed by atoms with van der Waals surface area (Å²) in [5, 5.41) is 3.44. The molecule has 4 atom stereocenters. The van der Waals surface area contributed by atoms with Gasteiger partial charge in [-0.3, -0.25) is 8.98 Å². The van der Waals surface area contributed by atoms with E-state index in [4.69, 9.17) is 24.6 Å². The lowest BCUT2D eigenvalue weighted by molar-refractivity contribution is 0.0678. The molecule has 0 bridgehead atoms. The Morgan fingerprint density at radius 2 is 1.62 bits per heavy atom. The SMILES string of the molecule is CNS(=O)(=O)O[C@@H]1C[C@H](Nc2ncncc2C(=O)c2cc([C@H](C)O[Si](C)(C)C(C)(C)C)c(Cl)s2)C[C@@H]1O[Si](C(C)C)(C(C)C)C(C)C. The smallest absolute Gasteiger partial charge is 0.335 e. The maximum atomic E-state index is 13.9. The van der Waals surface area contributed by atoms with Crippen molar-refractivity contribution >= 4 is 61.5 Å². The molecule has 2 aromatic heterocycles. The number of carbonyl (C=O) groups is 1. The lowest BCUT2D eigenvalue weighted by Gasteiger charge is -2.44. The number of halogens is 1. The summed E-state index contributed by atoms with van der Waals surface area (Å²) in [6.07, 6.45) is 2.27. The highest BCUT2D eigenvalue weighted by Gasteiger charge is 2.50. The quantitative estimate of drug-likeness (QED) is 0.136. The molecule has 1 saturated carbocycles. The highest BCUT2D eigenvalue weighted by atomic mass is 35.5. The van der Waals surface area contributed by atoms with Gasteiger partial charge in [0.1, 0.15) is 18.2 Å². The van der Waals surface area contributed by atoms with Crippen molar-refractivity contribution in [1.82, 2.24) is 14.7 Å². The van der Waals surface area contributed by atoms with Crippen molar-refractivity contribution in [3.05, 3.63) is 38.9 Å². The number of nitrogens with one attached hydrogen (secondary N) is 2. The predicted octanol–water partition coefficient (Wildman–Crippen LogP) is 8.49. The van der Waals surface area contributed by atoms with Crippen LogP contribution in [0.25, 0.3) is 0 Å². The fraction of sp³-hybridized carbons (Fsp3) is 0.719. The molecule has 2 N–H and O–H groups in total. The van der Waals surface area contributed by atoms with Crippen LogP contribution in [0.5, 0.6) is 0 Å². The highest BCUT2D eigenvalue weighted by Crippen LogP contribution is 2.46. The molecule has 0 unspecified atom stereocenters. The Hall–Kier alpha value is -1.24. The number of thiophene rings is 1. The molecule has 2 heterocycles. The minimum absolute atomic E-state index is 0.0258. The molecular formula is C32H55ClN4O6S2Si2. The normalized spacial score (nSPS) is 20.4. The lowest BCUT2D eigenvalue weighted by Crippen LogP contribution is -2.52. The van der Waals surface area contributed by atoms with Gasteiger partial charge >= 0.3 is 10.3 Å². The summed E-state index contributed by atoms with van der Waals surface area (Å²) in [6, 6.07) is 1.54. The Kier molecular flexibility index (Phi) is 13.1. The van der Waals surface area contributed by atoms with E-state index in [1.807, 2.05) is 13.0 Å². The number of rotatable bonds is 15. The topological polar surface area (TPSA) is 129 Å². The molecule has 0 aliphatic heterocycles. The van der Waals surface area contributed by atoms with E-state index >= 15 is 0 Å². The minimum Gasteiger partial charge on any atom is -0.410 e.